The summed E-state index contributed by atoms with van der Waals surface area (Å²) < 4.78 is 2.18. The Morgan fingerprint density at radius 3 is 1.41 bits per heavy atom. The molecule has 56 heavy (non-hydrogen) atoms. The smallest absolute Gasteiger partial charge is 0.238 e. The van der Waals surface area contributed by atoms with Gasteiger partial charge in [-0.2, -0.15) is 9.97 Å². The highest BCUT2D eigenvalue weighted by Crippen LogP contribution is 2.40. The zero-order valence-corrected chi connectivity index (χ0v) is 30.3. The van der Waals surface area contributed by atoms with Gasteiger partial charge in [-0.15, -0.1) is 0 Å². The van der Waals surface area contributed by atoms with E-state index in [1.165, 1.54) is 0 Å². The Labute approximate surface area is 324 Å². The molecule has 0 N–H and O–H groups in total. The van der Waals surface area contributed by atoms with Crippen LogP contribution in [0, 0.1) is 0 Å². The number of anilines is 3. The van der Waals surface area contributed by atoms with E-state index in [1.807, 2.05) is 91.3 Å². The van der Waals surface area contributed by atoms with Crippen LogP contribution in [0.25, 0.3) is 72.8 Å². The second kappa shape index (κ2) is 14.3. The maximum atomic E-state index is 5.18. The van der Waals surface area contributed by atoms with Crippen LogP contribution in [0.15, 0.2) is 207 Å². The molecule has 10 aromatic rings. The lowest BCUT2D eigenvalue weighted by molar-refractivity contribution is 0.953. The fraction of sp³-hybridized carbons (Fsp3) is 0. The lowest BCUT2D eigenvalue weighted by Crippen LogP contribution is -2.09. The van der Waals surface area contributed by atoms with E-state index in [4.69, 9.17) is 19.9 Å². The summed E-state index contributed by atoms with van der Waals surface area (Å²) in [6, 6.07) is 67.0. The number of nitrogens with zero attached hydrogens (tertiary/aromatic N) is 6. The van der Waals surface area contributed by atoms with Crippen LogP contribution >= 0.6 is 0 Å². The SMILES string of the molecule is c1ccc(-c2nc(-c3ccccc3)nc(-n3c4ccc(-c5ccc(N(c6ccccc6)c6ccccc6)cc5)cc4c4cncc(-c5ccccc5)c43)n2)cc1. The second-order valence-electron chi connectivity index (χ2n) is 13.6. The zero-order valence-electron chi connectivity index (χ0n) is 30.3. The van der Waals surface area contributed by atoms with E-state index >= 15 is 0 Å². The molecule has 0 radical (unpaired) electrons. The van der Waals surface area contributed by atoms with Crippen molar-refractivity contribution in [2.75, 3.05) is 4.90 Å². The van der Waals surface area contributed by atoms with Gasteiger partial charge >= 0.3 is 0 Å². The third-order valence-corrected chi connectivity index (χ3v) is 10.1. The summed E-state index contributed by atoms with van der Waals surface area (Å²) in [6.07, 6.45) is 3.90. The summed E-state index contributed by atoms with van der Waals surface area (Å²) in [5, 5.41) is 2.08. The van der Waals surface area contributed by atoms with Gasteiger partial charge in [-0.25, -0.2) is 4.98 Å². The van der Waals surface area contributed by atoms with Gasteiger partial charge in [0, 0.05) is 56.9 Å². The standard InChI is InChI=1S/C50H34N6/c1-6-16-36(17-7-1)44-33-51-34-45-43-32-39(35-26-29-42(30-27-35)55(40-22-12-4-13-23-40)41-24-14-5-15-25-41)28-31-46(43)56(47(44)45)50-53-48(37-18-8-2-9-19-37)52-49(54-50)38-20-10-3-11-21-38/h1-34H. The molecule has 6 nitrogen and oxygen atoms in total. The average molecular weight is 719 g/mol. The molecular formula is C50H34N6. The number of fused-ring (bicyclic) bond motifs is 3. The van der Waals surface area contributed by atoms with Crippen molar-refractivity contribution in [1.29, 1.82) is 0 Å². The molecule has 0 unspecified atom stereocenters. The van der Waals surface area contributed by atoms with Crippen LogP contribution in [0.4, 0.5) is 17.1 Å². The first-order valence-electron chi connectivity index (χ1n) is 18.6. The molecule has 264 valence electrons. The van der Waals surface area contributed by atoms with Crippen LogP contribution in [0.5, 0.6) is 0 Å². The van der Waals surface area contributed by atoms with Crippen LogP contribution in [0.1, 0.15) is 0 Å². The molecule has 0 spiro atoms. The average Bonchev–Trinajstić information content (AvgIpc) is 3.62. The maximum absolute atomic E-state index is 5.18. The monoisotopic (exact) mass is 718 g/mol. The minimum atomic E-state index is 0.542. The van der Waals surface area contributed by atoms with Crippen molar-refractivity contribution in [3.05, 3.63) is 207 Å². The van der Waals surface area contributed by atoms with Gasteiger partial charge in [0.05, 0.1) is 11.0 Å². The predicted octanol–water partition coefficient (Wildman–Crippen LogP) is 12.5. The minimum absolute atomic E-state index is 0.542. The van der Waals surface area contributed by atoms with Crippen molar-refractivity contribution in [3.63, 3.8) is 0 Å². The van der Waals surface area contributed by atoms with Gasteiger partial charge in [-0.05, 0) is 65.2 Å². The number of hydrogen-bond donors (Lipinski definition) is 0. The minimum Gasteiger partial charge on any atom is -0.311 e. The fourth-order valence-corrected chi connectivity index (χ4v) is 7.48. The highest BCUT2D eigenvalue weighted by atomic mass is 15.2. The van der Waals surface area contributed by atoms with Crippen molar-refractivity contribution in [3.8, 4) is 51.0 Å². The first kappa shape index (κ1) is 32.9. The van der Waals surface area contributed by atoms with Crippen LogP contribution in [0.2, 0.25) is 0 Å². The molecular weight excluding hydrogens is 685 g/mol. The molecule has 0 aliphatic heterocycles. The molecule has 10 rings (SSSR count). The normalized spacial score (nSPS) is 11.2. The van der Waals surface area contributed by atoms with Gasteiger partial charge in [0.15, 0.2) is 11.6 Å². The van der Waals surface area contributed by atoms with Crippen LogP contribution < -0.4 is 4.90 Å². The third-order valence-electron chi connectivity index (χ3n) is 10.1. The van der Waals surface area contributed by atoms with Crippen LogP contribution in [0.3, 0.4) is 0 Å². The molecule has 0 saturated carbocycles. The molecule has 0 saturated heterocycles. The van der Waals surface area contributed by atoms with Crippen molar-refractivity contribution in [1.82, 2.24) is 24.5 Å². The van der Waals surface area contributed by atoms with Gasteiger partial charge in [-0.1, -0.05) is 146 Å². The largest absolute Gasteiger partial charge is 0.311 e. The van der Waals surface area contributed by atoms with Gasteiger partial charge in [0.2, 0.25) is 5.95 Å². The predicted molar refractivity (Wildman–Crippen MR) is 228 cm³/mol. The second-order valence-corrected chi connectivity index (χ2v) is 13.6. The Morgan fingerprint density at radius 1 is 0.375 bits per heavy atom. The van der Waals surface area contributed by atoms with E-state index < -0.39 is 0 Å². The van der Waals surface area contributed by atoms with E-state index in [2.05, 4.69) is 125 Å². The lowest BCUT2D eigenvalue weighted by atomic mass is 10.0. The maximum Gasteiger partial charge on any atom is 0.238 e. The molecule has 0 aliphatic carbocycles. The molecule has 3 heterocycles. The molecule has 0 fully saturated rings. The first-order valence-corrected chi connectivity index (χ1v) is 18.6. The number of rotatable bonds is 8. The Hall–Kier alpha value is -7.70. The van der Waals surface area contributed by atoms with E-state index in [9.17, 15) is 0 Å². The Morgan fingerprint density at radius 2 is 0.857 bits per heavy atom. The number of benzene rings is 7. The third kappa shape index (κ3) is 6.05. The Bertz CT molecular complexity index is 2830. The number of para-hydroxylation sites is 2. The number of aromatic nitrogens is 5. The van der Waals surface area contributed by atoms with Crippen molar-refractivity contribution < 1.29 is 0 Å². The summed E-state index contributed by atoms with van der Waals surface area (Å²) in [4.78, 5) is 22.4. The molecule has 0 amide bonds. The van der Waals surface area contributed by atoms with Gasteiger partial charge in [0.1, 0.15) is 0 Å². The quantitative estimate of drug-likeness (QED) is 0.157. The van der Waals surface area contributed by atoms with Gasteiger partial charge in [-0.3, -0.25) is 9.55 Å². The fourth-order valence-electron chi connectivity index (χ4n) is 7.48. The topological polar surface area (TPSA) is 59.7 Å². The molecule has 0 atom stereocenters. The van der Waals surface area contributed by atoms with E-state index in [-0.39, 0.29) is 0 Å². The van der Waals surface area contributed by atoms with E-state index in [0.717, 1.165) is 72.2 Å². The number of hydrogen-bond acceptors (Lipinski definition) is 5. The van der Waals surface area contributed by atoms with Crippen LogP contribution in [-0.4, -0.2) is 24.5 Å². The van der Waals surface area contributed by atoms with Gasteiger partial charge in [0.25, 0.3) is 0 Å². The van der Waals surface area contributed by atoms with Crippen molar-refractivity contribution in [2.24, 2.45) is 0 Å². The summed E-state index contributed by atoms with van der Waals surface area (Å²) in [5.74, 6) is 1.76. The molecule has 0 aliphatic rings. The lowest BCUT2D eigenvalue weighted by Gasteiger charge is -2.25. The molecule has 6 heteroatoms. The zero-order chi connectivity index (χ0) is 37.3. The van der Waals surface area contributed by atoms with Crippen LogP contribution in [-0.2, 0) is 0 Å². The highest BCUT2D eigenvalue weighted by molar-refractivity contribution is 6.14. The molecule has 7 aromatic carbocycles. The molecule has 0 bridgehead atoms. The highest BCUT2D eigenvalue weighted by Gasteiger charge is 2.22. The molecule has 3 aromatic heterocycles. The summed E-state index contributed by atoms with van der Waals surface area (Å²) in [6.45, 7) is 0. The Kier molecular flexibility index (Phi) is 8.39. The van der Waals surface area contributed by atoms with E-state index in [1.54, 1.807) is 0 Å². The van der Waals surface area contributed by atoms with Gasteiger partial charge < -0.3 is 4.90 Å². The number of pyridine rings is 1. The summed E-state index contributed by atoms with van der Waals surface area (Å²) in [5.41, 5.74) is 11.4. The first-order chi connectivity index (χ1) is 27.8. The Balaban J connectivity index is 1.16. The summed E-state index contributed by atoms with van der Waals surface area (Å²) in [7, 11) is 0. The van der Waals surface area contributed by atoms with Crippen molar-refractivity contribution in [2.45, 2.75) is 0 Å². The summed E-state index contributed by atoms with van der Waals surface area (Å²) >= 11 is 0. The van der Waals surface area contributed by atoms with E-state index in [0.29, 0.717) is 17.6 Å². The van der Waals surface area contributed by atoms with Crippen molar-refractivity contribution >= 4 is 38.9 Å².